The molecule has 2 unspecified atom stereocenters. The van der Waals surface area contributed by atoms with Crippen LogP contribution in [0, 0.1) is 5.92 Å². The Hall–Kier alpha value is -0.0800. The van der Waals surface area contributed by atoms with Gasteiger partial charge in [-0.25, -0.2) is 0 Å². The molecule has 0 aromatic heterocycles. The summed E-state index contributed by atoms with van der Waals surface area (Å²) in [4.78, 5) is 5.54. The van der Waals surface area contributed by atoms with Crippen LogP contribution >= 0.6 is 0 Å². The highest BCUT2D eigenvalue weighted by molar-refractivity contribution is 4.89. The van der Waals surface area contributed by atoms with Crippen molar-refractivity contribution in [2.75, 3.05) is 26.2 Å². The van der Waals surface area contributed by atoms with Crippen LogP contribution in [-0.2, 0) is 0 Å². The van der Waals surface area contributed by atoms with Gasteiger partial charge in [0.05, 0.1) is 0 Å². The van der Waals surface area contributed by atoms with Gasteiger partial charge in [0.2, 0.25) is 0 Å². The topological polar surface area (TPSA) is 6.48 Å². The van der Waals surface area contributed by atoms with Crippen molar-refractivity contribution in [1.29, 1.82) is 0 Å². The molecule has 2 heteroatoms. The van der Waals surface area contributed by atoms with Crippen LogP contribution in [0.1, 0.15) is 51.9 Å². The maximum atomic E-state index is 2.78. The molecule has 0 bridgehead atoms. The average Bonchev–Trinajstić information content (AvgIpc) is 2.27. The fraction of sp³-hybridized carbons (Fsp3) is 1.00. The van der Waals surface area contributed by atoms with Gasteiger partial charge in [-0.3, -0.25) is 9.80 Å². The van der Waals surface area contributed by atoms with Gasteiger partial charge in [-0.05, 0) is 45.2 Å². The van der Waals surface area contributed by atoms with E-state index in [-0.39, 0.29) is 0 Å². The molecule has 3 rings (SSSR count). The summed E-state index contributed by atoms with van der Waals surface area (Å²) in [7, 11) is 0. The highest BCUT2D eigenvalue weighted by Crippen LogP contribution is 2.30. The molecule has 0 aromatic rings. The van der Waals surface area contributed by atoms with Crippen LogP contribution in [-0.4, -0.2) is 48.1 Å². The standard InChI is InChI=1S/C15H28N2/c1-13-11-17-9-3-2-7-15(17)12-16(13)10-8-14-5-4-6-14/h13-15H,2-12H2,1H3. The van der Waals surface area contributed by atoms with Crippen molar-refractivity contribution in [3.63, 3.8) is 0 Å². The van der Waals surface area contributed by atoms with Gasteiger partial charge < -0.3 is 0 Å². The molecule has 2 nitrogen and oxygen atoms in total. The molecule has 2 heterocycles. The Labute approximate surface area is 106 Å². The van der Waals surface area contributed by atoms with E-state index < -0.39 is 0 Å². The largest absolute Gasteiger partial charge is 0.298 e. The Morgan fingerprint density at radius 3 is 2.65 bits per heavy atom. The van der Waals surface area contributed by atoms with Crippen molar-refractivity contribution in [3.8, 4) is 0 Å². The number of rotatable bonds is 3. The van der Waals surface area contributed by atoms with Crippen molar-refractivity contribution in [3.05, 3.63) is 0 Å². The number of fused-ring (bicyclic) bond motifs is 1. The minimum absolute atomic E-state index is 0.796. The first-order valence-electron chi connectivity index (χ1n) is 7.81. The summed E-state index contributed by atoms with van der Waals surface area (Å²) < 4.78 is 0. The third kappa shape index (κ3) is 2.68. The molecule has 0 amide bonds. The number of piperidine rings is 1. The number of hydrogen-bond donors (Lipinski definition) is 0. The number of nitrogens with zero attached hydrogens (tertiary/aromatic N) is 2. The third-order valence-electron chi connectivity index (χ3n) is 5.37. The molecular formula is C15H28N2. The summed E-state index contributed by atoms with van der Waals surface area (Å²) in [6.45, 7) is 7.86. The SMILES string of the molecule is CC1CN2CCCCC2CN1CCC1CCC1. The normalized spacial score (nSPS) is 36.5. The highest BCUT2D eigenvalue weighted by Gasteiger charge is 2.33. The van der Waals surface area contributed by atoms with Gasteiger partial charge in [-0.1, -0.05) is 25.7 Å². The van der Waals surface area contributed by atoms with E-state index in [1.165, 1.54) is 71.1 Å². The van der Waals surface area contributed by atoms with E-state index in [1.54, 1.807) is 0 Å². The average molecular weight is 236 g/mol. The molecule has 2 aliphatic heterocycles. The molecule has 17 heavy (non-hydrogen) atoms. The van der Waals surface area contributed by atoms with Crippen LogP contribution < -0.4 is 0 Å². The molecule has 3 aliphatic rings. The van der Waals surface area contributed by atoms with Crippen molar-refractivity contribution >= 4 is 0 Å². The van der Waals surface area contributed by atoms with Crippen molar-refractivity contribution in [2.45, 2.75) is 64.0 Å². The third-order valence-corrected chi connectivity index (χ3v) is 5.37. The van der Waals surface area contributed by atoms with Gasteiger partial charge in [-0.15, -0.1) is 0 Å². The van der Waals surface area contributed by atoms with E-state index in [0.717, 1.165) is 18.0 Å². The summed E-state index contributed by atoms with van der Waals surface area (Å²) in [5.74, 6) is 1.08. The van der Waals surface area contributed by atoms with Crippen molar-refractivity contribution in [2.24, 2.45) is 5.92 Å². The highest BCUT2D eigenvalue weighted by atomic mass is 15.3. The molecule has 0 N–H and O–H groups in total. The lowest BCUT2D eigenvalue weighted by molar-refractivity contribution is 0.0110. The van der Waals surface area contributed by atoms with Gasteiger partial charge in [0, 0.05) is 25.2 Å². The molecular weight excluding hydrogens is 208 g/mol. The molecule has 2 atom stereocenters. The molecule has 0 aromatic carbocycles. The van der Waals surface area contributed by atoms with Crippen LogP contribution in [0.2, 0.25) is 0 Å². The van der Waals surface area contributed by atoms with E-state index in [0.29, 0.717) is 0 Å². The maximum Gasteiger partial charge on any atom is 0.0223 e. The molecule has 2 saturated heterocycles. The Balaban J connectivity index is 1.49. The lowest BCUT2D eigenvalue weighted by Gasteiger charge is -2.48. The zero-order valence-corrected chi connectivity index (χ0v) is 11.4. The van der Waals surface area contributed by atoms with Crippen LogP contribution in [0.25, 0.3) is 0 Å². The van der Waals surface area contributed by atoms with Crippen LogP contribution in [0.3, 0.4) is 0 Å². The van der Waals surface area contributed by atoms with Crippen molar-refractivity contribution in [1.82, 2.24) is 9.80 Å². The summed E-state index contributed by atoms with van der Waals surface area (Å²) in [5.41, 5.74) is 0. The zero-order chi connectivity index (χ0) is 11.7. The Kier molecular flexibility index (Phi) is 3.72. The van der Waals surface area contributed by atoms with Crippen LogP contribution in [0.5, 0.6) is 0 Å². The quantitative estimate of drug-likeness (QED) is 0.743. The summed E-state index contributed by atoms with van der Waals surface area (Å²) in [6, 6.07) is 1.69. The Bertz CT molecular complexity index is 249. The molecule has 0 radical (unpaired) electrons. The lowest BCUT2D eigenvalue weighted by atomic mass is 9.82. The van der Waals surface area contributed by atoms with Crippen molar-refractivity contribution < 1.29 is 0 Å². The zero-order valence-electron chi connectivity index (χ0n) is 11.4. The molecule has 98 valence electrons. The summed E-state index contributed by atoms with van der Waals surface area (Å²) in [5, 5.41) is 0. The van der Waals surface area contributed by atoms with E-state index >= 15 is 0 Å². The molecule has 1 saturated carbocycles. The first kappa shape index (κ1) is 12.0. The van der Waals surface area contributed by atoms with E-state index in [1.807, 2.05) is 0 Å². The van der Waals surface area contributed by atoms with E-state index in [9.17, 15) is 0 Å². The maximum absolute atomic E-state index is 2.78. The Morgan fingerprint density at radius 2 is 1.88 bits per heavy atom. The summed E-state index contributed by atoms with van der Waals surface area (Å²) >= 11 is 0. The second kappa shape index (κ2) is 5.27. The number of hydrogen-bond acceptors (Lipinski definition) is 2. The molecule has 3 fully saturated rings. The fourth-order valence-electron chi connectivity index (χ4n) is 3.85. The minimum atomic E-state index is 0.796. The van der Waals surface area contributed by atoms with Gasteiger partial charge in [0.25, 0.3) is 0 Å². The first-order valence-corrected chi connectivity index (χ1v) is 7.81. The second-order valence-corrected chi connectivity index (χ2v) is 6.57. The van der Waals surface area contributed by atoms with Crippen LogP contribution in [0.15, 0.2) is 0 Å². The second-order valence-electron chi connectivity index (χ2n) is 6.57. The lowest BCUT2D eigenvalue weighted by Crippen LogP contribution is -2.58. The molecule has 0 spiro atoms. The molecule has 1 aliphatic carbocycles. The van der Waals surface area contributed by atoms with Crippen LogP contribution in [0.4, 0.5) is 0 Å². The number of piperazine rings is 1. The fourth-order valence-corrected chi connectivity index (χ4v) is 3.85. The Morgan fingerprint density at radius 1 is 1.00 bits per heavy atom. The predicted molar refractivity (Wildman–Crippen MR) is 72.2 cm³/mol. The summed E-state index contributed by atoms with van der Waals surface area (Å²) in [6.07, 6.45) is 10.3. The van der Waals surface area contributed by atoms with E-state index in [4.69, 9.17) is 0 Å². The first-order chi connectivity index (χ1) is 8.33. The minimum Gasteiger partial charge on any atom is -0.298 e. The van der Waals surface area contributed by atoms with Gasteiger partial charge in [0.15, 0.2) is 0 Å². The van der Waals surface area contributed by atoms with Gasteiger partial charge in [-0.2, -0.15) is 0 Å². The smallest absolute Gasteiger partial charge is 0.0223 e. The van der Waals surface area contributed by atoms with Gasteiger partial charge in [0.1, 0.15) is 0 Å². The van der Waals surface area contributed by atoms with Gasteiger partial charge >= 0.3 is 0 Å². The predicted octanol–water partition coefficient (Wildman–Crippen LogP) is 2.74. The monoisotopic (exact) mass is 236 g/mol. The van der Waals surface area contributed by atoms with E-state index in [2.05, 4.69) is 16.7 Å².